The van der Waals surface area contributed by atoms with Gasteiger partial charge in [-0.1, -0.05) is 30.3 Å². The van der Waals surface area contributed by atoms with E-state index in [9.17, 15) is 14.4 Å². The number of nitrogens with zero attached hydrogens (tertiary/aromatic N) is 1. The monoisotopic (exact) mass is 396 g/mol. The van der Waals surface area contributed by atoms with Gasteiger partial charge in [0.05, 0.1) is 0 Å². The Kier molecular flexibility index (Phi) is 7.22. The van der Waals surface area contributed by atoms with Crippen LogP contribution in [0.5, 0.6) is 0 Å². The van der Waals surface area contributed by atoms with Gasteiger partial charge in [0.1, 0.15) is 11.3 Å². The molecular weight excluding hydrogens is 368 g/mol. The summed E-state index contributed by atoms with van der Waals surface area (Å²) in [6, 6.07) is 11.9. The van der Waals surface area contributed by atoms with E-state index in [1.807, 2.05) is 18.2 Å². The molecule has 0 spiro atoms. The second-order valence-corrected chi connectivity index (χ2v) is 7.49. The number of aryl methyl sites for hydroxylation is 3. The summed E-state index contributed by atoms with van der Waals surface area (Å²) in [5.74, 6) is 0.275. The van der Waals surface area contributed by atoms with Gasteiger partial charge >= 0.3 is 5.63 Å². The van der Waals surface area contributed by atoms with Crippen molar-refractivity contribution in [2.75, 3.05) is 19.6 Å². The van der Waals surface area contributed by atoms with Gasteiger partial charge in [-0.3, -0.25) is 9.59 Å². The average Bonchev–Trinajstić information content (AvgIpc) is 2.70. The zero-order valence-corrected chi connectivity index (χ0v) is 16.9. The molecule has 2 heterocycles. The molecule has 1 fully saturated rings. The quantitative estimate of drug-likeness (QED) is 0.744. The fourth-order valence-electron chi connectivity index (χ4n) is 3.67. The number of hydrogen-bond acceptors (Lipinski definition) is 4. The summed E-state index contributed by atoms with van der Waals surface area (Å²) in [6.45, 7) is 3.27. The van der Waals surface area contributed by atoms with Crippen LogP contribution in [0.25, 0.3) is 0 Å². The summed E-state index contributed by atoms with van der Waals surface area (Å²) < 4.78 is 5.38. The smallest absolute Gasteiger partial charge is 0.349 e. The Labute approximate surface area is 170 Å². The standard InChI is InChI=1S/C23H28N2O4/c1-17-16-19(11-7-10-18-8-3-2-4-9-18)29-23(28)21(17)22(27)24-13-15-25-14-6-5-12-20(25)26/h2-4,8-9,16H,5-7,10-15H2,1H3,(H,24,27). The first-order valence-electron chi connectivity index (χ1n) is 10.3. The molecule has 2 aromatic rings. The highest BCUT2D eigenvalue weighted by molar-refractivity contribution is 5.95. The second-order valence-electron chi connectivity index (χ2n) is 7.49. The van der Waals surface area contributed by atoms with Crippen molar-refractivity contribution in [1.82, 2.24) is 10.2 Å². The molecule has 0 unspecified atom stereocenters. The van der Waals surface area contributed by atoms with E-state index in [-0.39, 0.29) is 11.5 Å². The zero-order valence-electron chi connectivity index (χ0n) is 16.9. The van der Waals surface area contributed by atoms with Crippen LogP contribution in [0.15, 0.2) is 45.6 Å². The molecule has 6 nitrogen and oxygen atoms in total. The number of amides is 2. The van der Waals surface area contributed by atoms with Gasteiger partial charge in [0.15, 0.2) is 0 Å². The maximum absolute atomic E-state index is 12.4. The predicted octanol–water partition coefficient (Wildman–Crippen LogP) is 2.87. The third-order valence-electron chi connectivity index (χ3n) is 5.25. The predicted molar refractivity (Wildman–Crippen MR) is 111 cm³/mol. The minimum Gasteiger partial charge on any atom is -0.427 e. The number of likely N-dealkylation sites (tertiary alicyclic amines) is 1. The Hall–Kier alpha value is -2.89. The number of piperidine rings is 1. The Bertz CT molecular complexity index is 905. The van der Waals surface area contributed by atoms with Crippen molar-refractivity contribution >= 4 is 11.8 Å². The maximum Gasteiger partial charge on any atom is 0.349 e. The first-order valence-corrected chi connectivity index (χ1v) is 10.3. The van der Waals surface area contributed by atoms with Crippen molar-refractivity contribution in [1.29, 1.82) is 0 Å². The van der Waals surface area contributed by atoms with Crippen LogP contribution < -0.4 is 10.9 Å². The Balaban J connectivity index is 1.53. The average molecular weight is 396 g/mol. The van der Waals surface area contributed by atoms with Crippen molar-refractivity contribution in [3.8, 4) is 0 Å². The van der Waals surface area contributed by atoms with E-state index < -0.39 is 11.5 Å². The fraction of sp³-hybridized carbons (Fsp3) is 0.435. The molecule has 29 heavy (non-hydrogen) atoms. The molecule has 0 aliphatic carbocycles. The number of benzene rings is 1. The molecule has 1 aliphatic rings. The van der Waals surface area contributed by atoms with Crippen LogP contribution in [-0.4, -0.2) is 36.3 Å². The number of carbonyl (C=O) groups excluding carboxylic acids is 2. The second kappa shape index (κ2) is 10.0. The van der Waals surface area contributed by atoms with Crippen molar-refractivity contribution in [3.05, 3.63) is 69.3 Å². The van der Waals surface area contributed by atoms with Crippen LogP contribution in [0.4, 0.5) is 0 Å². The SMILES string of the molecule is Cc1cc(CCCc2ccccc2)oc(=O)c1C(=O)NCCN1CCCCC1=O. The molecule has 1 aromatic carbocycles. The summed E-state index contributed by atoms with van der Waals surface area (Å²) in [5, 5.41) is 2.74. The van der Waals surface area contributed by atoms with Crippen LogP contribution in [0.3, 0.4) is 0 Å². The number of rotatable bonds is 8. The minimum atomic E-state index is -0.605. The number of carbonyl (C=O) groups is 2. The first-order chi connectivity index (χ1) is 14.0. The van der Waals surface area contributed by atoms with Crippen molar-refractivity contribution in [3.63, 3.8) is 0 Å². The van der Waals surface area contributed by atoms with E-state index in [1.54, 1.807) is 17.9 Å². The summed E-state index contributed by atoms with van der Waals surface area (Å²) in [7, 11) is 0. The van der Waals surface area contributed by atoms with Gasteiger partial charge in [0.2, 0.25) is 5.91 Å². The van der Waals surface area contributed by atoms with Gasteiger partial charge in [-0.15, -0.1) is 0 Å². The summed E-state index contributed by atoms with van der Waals surface area (Å²) in [6.07, 6.45) is 4.91. The van der Waals surface area contributed by atoms with Gasteiger partial charge in [-0.05, 0) is 49.8 Å². The molecule has 3 rings (SSSR count). The molecule has 0 atom stereocenters. The van der Waals surface area contributed by atoms with E-state index in [0.717, 1.165) is 32.2 Å². The summed E-state index contributed by atoms with van der Waals surface area (Å²) >= 11 is 0. The van der Waals surface area contributed by atoms with Gasteiger partial charge in [-0.25, -0.2) is 4.79 Å². The van der Waals surface area contributed by atoms with Gasteiger partial charge in [0.25, 0.3) is 5.91 Å². The van der Waals surface area contributed by atoms with E-state index >= 15 is 0 Å². The van der Waals surface area contributed by atoms with Crippen LogP contribution >= 0.6 is 0 Å². The molecule has 154 valence electrons. The molecular formula is C23H28N2O4. The Morgan fingerprint density at radius 2 is 1.93 bits per heavy atom. The van der Waals surface area contributed by atoms with E-state index in [2.05, 4.69) is 17.4 Å². The molecule has 0 radical (unpaired) electrons. The molecule has 1 aromatic heterocycles. The van der Waals surface area contributed by atoms with E-state index in [1.165, 1.54) is 5.56 Å². The van der Waals surface area contributed by atoms with E-state index in [4.69, 9.17) is 4.42 Å². The zero-order chi connectivity index (χ0) is 20.6. The fourth-order valence-corrected chi connectivity index (χ4v) is 3.67. The summed E-state index contributed by atoms with van der Waals surface area (Å²) in [4.78, 5) is 38.4. The topological polar surface area (TPSA) is 79.6 Å². The highest BCUT2D eigenvalue weighted by Crippen LogP contribution is 2.12. The molecule has 1 N–H and O–H groups in total. The molecule has 0 bridgehead atoms. The lowest BCUT2D eigenvalue weighted by atomic mass is 10.1. The lowest BCUT2D eigenvalue weighted by molar-refractivity contribution is -0.133. The largest absolute Gasteiger partial charge is 0.427 e. The molecule has 1 aliphatic heterocycles. The minimum absolute atomic E-state index is 0.0433. The third kappa shape index (κ3) is 5.79. The maximum atomic E-state index is 12.4. The van der Waals surface area contributed by atoms with Crippen LogP contribution in [-0.2, 0) is 17.6 Å². The number of nitrogens with one attached hydrogen (secondary N) is 1. The normalized spacial score (nSPS) is 14.1. The van der Waals surface area contributed by atoms with Crippen molar-refractivity contribution in [2.45, 2.75) is 45.4 Å². The number of hydrogen-bond donors (Lipinski definition) is 1. The molecule has 6 heteroatoms. The molecule has 1 saturated heterocycles. The van der Waals surface area contributed by atoms with Crippen LogP contribution in [0.2, 0.25) is 0 Å². The first kappa shape index (κ1) is 20.8. The third-order valence-corrected chi connectivity index (χ3v) is 5.25. The lowest BCUT2D eigenvalue weighted by Crippen LogP contribution is -2.41. The van der Waals surface area contributed by atoms with Crippen molar-refractivity contribution in [2.24, 2.45) is 0 Å². The summed E-state index contributed by atoms with van der Waals surface area (Å²) in [5.41, 5.74) is 1.30. The molecule has 0 saturated carbocycles. The van der Waals surface area contributed by atoms with Gasteiger partial charge < -0.3 is 14.6 Å². The highest BCUT2D eigenvalue weighted by atomic mass is 16.4. The van der Waals surface area contributed by atoms with Crippen molar-refractivity contribution < 1.29 is 14.0 Å². The lowest BCUT2D eigenvalue weighted by Gasteiger charge is -2.26. The van der Waals surface area contributed by atoms with E-state index in [0.29, 0.717) is 37.3 Å². The highest BCUT2D eigenvalue weighted by Gasteiger charge is 2.19. The van der Waals surface area contributed by atoms with Gasteiger partial charge in [-0.2, -0.15) is 0 Å². The van der Waals surface area contributed by atoms with Crippen LogP contribution in [0, 0.1) is 6.92 Å². The molecule has 2 amide bonds. The van der Waals surface area contributed by atoms with Gasteiger partial charge in [0, 0.05) is 32.5 Å². The Morgan fingerprint density at radius 1 is 1.14 bits per heavy atom. The Morgan fingerprint density at radius 3 is 2.66 bits per heavy atom. The van der Waals surface area contributed by atoms with Crippen LogP contribution in [0.1, 0.15) is 52.9 Å².